The largest absolute Gasteiger partial charge is 0.421 e. The molecule has 1 N–H and O–H groups in total. The number of aromatic amines is 1. The first-order chi connectivity index (χ1) is 14.8. The summed E-state index contributed by atoms with van der Waals surface area (Å²) in [7, 11) is 0. The van der Waals surface area contributed by atoms with E-state index >= 15 is 0 Å². The molecule has 4 aromatic rings. The highest BCUT2D eigenvalue weighted by Crippen LogP contribution is 2.41. The van der Waals surface area contributed by atoms with E-state index in [1.54, 1.807) is 18.3 Å². The normalized spacial score (nSPS) is 13.9. The predicted molar refractivity (Wildman–Crippen MR) is 118 cm³/mol. The second-order valence-electron chi connectivity index (χ2n) is 7.01. The zero-order chi connectivity index (χ0) is 20.3. The second-order valence-corrected chi connectivity index (χ2v) is 8.08. The number of rotatable bonds is 5. The predicted octanol–water partition coefficient (Wildman–Crippen LogP) is 4.56. The molecule has 0 aliphatic carbocycles. The summed E-state index contributed by atoms with van der Waals surface area (Å²) >= 11 is 1.74. The Morgan fingerprint density at radius 1 is 1.03 bits per heavy atom. The molecular formula is C22H22N6OS. The number of imidazole rings is 1. The van der Waals surface area contributed by atoms with Crippen LogP contribution in [0.4, 0.5) is 11.4 Å². The minimum absolute atomic E-state index is 0.564. The monoisotopic (exact) mass is 418 g/mol. The van der Waals surface area contributed by atoms with Crippen LogP contribution in [0.5, 0.6) is 0 Å². The van der Waals surface area contributed by atoms with Gasteiger partial charge in [0.05, 0.1) is 40.4 Å². The topological polar surface area (TPSA) is 74.1 Å². The first kappa shape index (κ1) is 18.7. The number of aryl methyl sites for hydroxylation is 1. The molecule has 0 amide bonds. The summed E-state index contributed by atoms with van der Waals surface area (Å²) in [5.41, 5.74) is 4.28. The summed E-state index contributed by atoms with van der Waals surface area (Å²) in [6.07, 6.45) is 4.41. The Hall–Kier alpha value is -3.26. The van der Waals surface area contributed by atoms with Gasteiger partial charge >= 0.3 is 0 Å². The van der Waals surface area contributed by atoms with Gasteiger partial charge in [-0.05, 0) is 36.2 Å². The molecule has 0 saturated carbocycles. The maximum atomic E-state index is 5.86. The smallest absolute Gasteiger partial charge is 0.249 e. The number of nitrogens with zero attached hydrogens (tertiary/aromatic N) is 5. The molecule has 1 aliphatic heterocycles. The van der Waals surface area contributed by atoms with Gasteiger partial charge in [0.1, 0.15) is 0 Å². The third-order valence-electron chi connectivity index (χ3n) is 5.07. The van der Waals surface area contributed by atoms with Gasteiger partial charge in [-0.1, -0.05) is 31.2 Å². The van der Waals surface area contributed by atoms with Crippen LogP contribution in [-0.4, -0.2) is 33.3 Å². The Morgan fingerprint density at radius 3 is 2.67 bits per heavy atom. The minimum atomic E-state index is 0.564. The van der Waals surface area contributed by atoms with Crippen LogP contribution >= 0.6 is 11.9 Å². The van der Waals surface area contributed by atoms with Crippen LogP contribution in [-0.2, 0) is 13.0 Å². The Kier molecular flexibility index (Phi) is 5.15. The van der Waals surface area contributed by atoms with Gasteiger partial charge in [-0.25, -0.2) is 4.98 Å². The number of aromatic nitrogens is 4. The number of benzene rings is 2. The van der Waals surface area contributed by atoms with Gasteiger partial charge in [-0.3, -0.25) is 0 Å². The summed E-state index contributed by atoms with van der Waals surface area (Å²) in [4.78, 5) is 11.0. The van der Waals surface area contributed by atoms with Crippen LogP contribution in [0.1, 0.15) is 18.5 Å². The summed E-state index contributed by atoms with van der Waals surface area (Å²) in [6, 6.07) is 16.7. The molecule has 0 bridgehead atoms. The van der Waals surface area contributed by atoms with Gasteiger partial charge in [0.25, 0.3) is 0 Å². The van der Waals surface area contributed by atoms with Crippen molar-refractivity contribution in [2.45, 2.75) is 24.8 Å². The molecule has 0 fully saturated rings. The second kappa shape index (κ2) is 8.23. The minimum Gasteiger partial charge on any atom is -0.421 e. The number of para-hydroxylation sites is 2. The van der Waals surface area contributed by atoms with E-state index in [1.807, 2.05) is 25.3 Å². The SMILES string of the molecule is CCc1nnc(-c2ccccc2N2CCN(Cc3c[nH]cn3)c3ccccc3S2)o1. The number of hydrogen-bond donors (Lipinski definition) is 1. The average Bonchev–Trinajstić information content (AvgIpc) is 3.44. The van der Waals surface area contributed by atoms with Crippen molar-refractivity contribution in [1.82, 2.24) is 20.2 Å². The van der Waals surface area contributed by atoms with Gasteiger partial charge in [-0.2, -0.15) is 0 Å². The van der Waals surface area contributed by atoms with Crippen LogP contribution in [0.3, 0.4) is 0 Å². The van der Waals surface area contributed by atoms with Crippen molar-refractivity contribution in [2.24, 2.45) is 0 Å². The van der Waals surface area contributed by atoms with Crippen LogP contribution in [0, 0.1) is 0 Å². The number of anilines is 2. The highest BCUT2D eigenvalue weighted by molar-refractivity contribution is 8.00. The first-order valence-electron chi connectivity index (χ1n) is 10.0. The first-order valence-corrected chi connectivity index (χ1v) is 10.8. The van der Waals surface area contributed by atoms with Crippen molar-refractivity contribution in [1.29, 1.82) is 0 Å². The van der Waals surface area contributed by atoms with Gasteiger partial charge in [-0.15, -0.1) is 10.2 Å². The summed E-state index contributed by atoms with van der Waals surface area (Å²) in [6.45, 7) is 4.49. The van der Waals surface area contributed by atoms with Gasteiger partial charge in [0.15, 0.2) is 0 Å². The van der Waals surface area contributed by atoms with Gasteiger partial charge in [0.2, 0.25) is 11.8 Å². The molecule has 152 valence electrons. The molecule has 2 aromatic heterocycles. The Morgan fingerprint density at radius 2 is 1.87 bits per heavy atom. The number of fused-ring (bicyclic) bond motifs is 1. The maximum Gasteiger partial charge on any atom is 0.249 e. The van der Waals surface area contributed by atoms with Crippen molar-refractivity contribution in [3.63, 3.8) is 0 Å². The Bertz CT molecular complexity index is 1130. The van der Waals surface area contributed by atoms with E-state index < -0.39 is 0 Å². The highest BCUT2D eigenvalue weighted by atomic mass is 32.2. The van der Waals surface area contributed by atoms with E-state index in [-0.39, 0.29) is 0 Å². The van der Waals surface area contributed by atoms with Gasteiger partial charge < -0.3 is 18.6 Å². The molecule has 30 heavy (non-hydrogen) atoms. The third-order valence-corrected chi connectivity index (χ3v) is 6.21. The third kappa shape index (κ3) is 3.66. The fraction of sp³-hybridized carbons (Fsp3) is 0.227. The molecular weight excluding hydrogens is 396 g/mol. The van der Waals surface area contributed by atoms with Crippen molar-refractivity contribution in [3.8, 4) is 11.5 Å². The van der Waals surface area contributed by atoms with E-state index in [0.717, 1.165) is 43.0 Å². The fourth-order valence-corrected chi connectivity index (χ4v) is 4.67. The lowest BCUT2D eigenvalue weighted by molar-refractivity contribution is 0.513. The van der Waals surface area contributed by atoms with Crippen molar-refractivity contribution in [3.05, 3.63) is 72.6 Å². The molecule has 5 rings (SSSR count). The lowest BCUT2D eigenvalue weighted by Crippen LogP contribution is -2.29. The number of hydrogen-bond acceptors (Lipinski definition) is 7. The van der Waals surface area contributed by atoms with Crippen LogP contribution in [0.15, 0.2) is 70.4 Å². The molecule has 1 aliphatic rings. The standard InChI is InChI=1S/C22H22N6OS/c1-2-21-25-26-22(29-21)17-7-3-4-8-18(17)28-12-11-27(14-16-13-23-15-24-16)19-9-5-6-10-20(19)30-28/h3-10,13,15H,2,11-12,14H2,1H3,(H,23,24). The van der Waals surface area contributed by atoms with Gasteiger partial charge in [0, 0.05) is 25.7 Å². The molecule has 3 heterocycles. The summed E-state index contributed by atoms with van der Waals surface area (Å²) < 4.78 is 8.18. The molecule has 7 nitrogen and oxygen atoms in total. The average molecular weight is 419 g/mol. The number of nitrogens with one attached hydrogen (secondary N) is 1. The molecule has 0 saturated heterocycles. The van der Waals surface area contributed by atoms with Crippen LogP contribution in [0.2, 0.25) is 0 Å². The van der Waals surface area contributed by atoms with Crippen LogP contribution < -0.4 is 9.21 Å². The quantitative estimate of drug-likeness (QED) is 0.476. The number of H-pyrrole nitrogens is 1. The molecule has 8 heteroatoms. The van der Waals surface area contributed by atoms with E-state index in [1.165, 1.54) is 10.6 Å². The molecule has 0 unspecified atom stereocenters. The van der Waals surface area contributed by atoms with Crippen LogP contribution in [0.25, 0.3) is 11.5 Å². The van der Waals surface area contributed by atoms with E-state index in [4.69, 9.17) is 4.42 Å². The molecule has 0 atom stereocenters. The van der Waals surface area contributed by atoms with Crippen molar-refractivity contribution < 1.29 is 4.42 Å². The summed E-state index contributed by atoms with van der Waals surface area (Å²) in [5.74, 6) is 1.22. The zero-order valence-electron chi connectivity index (χ0n) is 16.7. The van der Waals surface area contributed by atoms with E-state index in [9.17, 15) is 0 Å². The molecule has 2 aromatic carbocycles. The zero-order valence-corrected chi connectivity index (χ0v) is 17.5. The van der Waals surface area contributed by atoms with Crippen molar-refractivity contribution >= 4 is 23.3 Å². The summed E-state index contributed by atoms with van der Waals surface area (Å²) in [5, 5.41) is 8.42. The molecule has 0 spiro atoms. The van der Waals surface area contributed by atoms with Crippen molar-refractivity contribution in [2.75, 3.05) is 22.3 Å². The molecule has 0 radical (unpaired) electrons. The lowest BCUT2D eigenvalue weighted by atomic mass is 10.1. The van der Waals surface area contributed by atoms with E-state index in [2.05, 4.69) is 65.8 Å². The lowest BCUT2D eigenvalue weighted by Gasteiger charge is -2.24. The van der Waals surface area contributed by atoms with E-state index in [0.29, 0.717) is 11.8 Å². The maximum absolute atomic E-state index is 5.86. The fourth-order valence-electron chi connectivity index (χ4n) is 3.58. The Balaban J connectivity index is 1.49. The Labute approximate surface area is 179 Å². The highest BCUT2D eigenvalue weighted by Gasteiger charge is 2.24.